The molecule has 0 saturated heterocycles. The van der Waals surface area contributed by atoms with Gasteiger partial charge in [0.15, 0.2) is 11.6 Å². The smallest absolute Gasteiger partial charge is 0.374 e. The minimum atomic E-state index is -2.92. The summed E-state index contributed by atoms with van der Waals surface area (Å²) in [5.41, 5.74) is -0.802. The molecule has 0 fully saturated rings. The van der Waals surface area contributed by atoms with Crippen LogP contribution in [0.1, 0.15) is 35.5 Å². The maximum atomic E-state index is 12.2. The van der Waals surface area contributed by atoms with Gasteiger partial charge < -0.3 is 9.52 Å². The van der Waals surface area contributed by atoms with E-state index in [0.717, 1.165) is 0 Å². The molecule has 72 valence electrons. The third-order valence-electron chi connectivity index (χ3n) is 1.40. The van der Waals surface area contributed by atoms with Crippen molar-refractivity contribution in [2.75, 3.05) is 0 Å². The van der Waals surface area contributed by atoms with Crippen LogP contribution in [0, 0.1) is 0 Å². The Bertz CT molecular complexity index is 322. The lowest BCUT2D eigenvalue weighted by molar-refractivity contribution is 0.0644. The van der Waals surface area contributed by atoms with Gasteiger partial charge in [-0.2, -0.15) is 0 Å². The molecule has 1 rings (SSSR count). The maximum absolute atomic E-state index is 12.2. The van der Waals surface area contributed by atoms with Crippen molar-refractivity contribution in [2.45, 2.75) is 19.8 Å². The van der Waals surface area contributed by atoms with Crippen LogP contribution in [0.4, 0.5) is 8.78 Å². The minimum Gasteiger partial charge on any atom is -0.475 e. The highest BCUT2D eigenvalue weighted by molar-refractivity contribution is 5.85. The topological polar surface area (TPSA) is 63.3 Å². The van der Waals surface area contributed by atoms with Crippen molar-refractivity contribution in [3.8, 4) is 0 Å². The number of alkyl halides is 2. The molecular formula is C7H7F2NO3. The SMILES string of the molecule is CCc1nc(C(F)F)c(C(=O)O)o1. The summed E-state index contributed by atoms with van der Waals surface area (Å²) in [6.07, 6.45) is -2.64. The van der Waals surface area contributed by atoms with Crippen LogP contribution in [0.5, 0.6) is 0 Å². The van der Waals surface area contributed by atoms with E-state index < -0.39 is 23.8 Å². The number of aryl methyl sites for hydroxylation is 1. The zero-order valence-corrected chi connectivity index (χ0v) is 6.75. The molecule has 0 amide bonds. The fraction of sp³-hybridized carbons (Fsp3) is 0.429. The number of oxazole rings is 1. The van der Waals surface area contributed by atoms with Gasteiger partial charge in [-0.3, -0.25) is 0 Å². The Morgan fingerprint density at radius 3 is 2.62 bits per heavy atom. The first-order chi connectivity index (χ1) is 6.06. The number of carboxylic acid groups (broad SMARTS) is 1. The molecular weight excluding hydrogens is 184 g/mol. The number of aromatic nitrogens is 1. The molecule has 0 saturated carbocycles. The number of hydrogen-bond donors (Lipinski definition) is 1. The Hall–Kier alpha value is -1.46. The maximum Gasteiger partial charge on any atom is 0.374 e. The highest BCUT2D eigenvalue weighted by atomic mass is 19.3. The Morgan fingerprint density at radius 1 is 1.69 bits per heavy atom. The second-order valence-electron chi connectivity index (χ2n) is 2.28. The van der Waals surface area contributed by atoms with Crippen LogP contribution < -0.4 is 0 Å². The van der Waals surface area contributed by atoms with Crippen LogP contribution in [0.3, 0.4) is 0 Å². The zero-order valence-electron chi connectivity index (χ0n) is 6.75. The fourth-order valence-electron chi connectivity index (χ4n) is 0.830. The van der Waals surface area contributed by atoms with Crippen LogP contribution in [0.25, 0.3) is 0 Å². The Morgan fingerprint density at radius 2 is 2.31 bits per heavy atom. The predicted molar refractivity (Wildman–Crippen MR) is 37.8 cm³/mol. The summed E-state index contributed by atoms with van der Waals surface area (Å²) in [5, 5.41) is 8.46. The summed E-state index contributed by atoms with van der Waals surface area (Å²) in [6.45, 7) is 1.63. The molecule has 0 aromatic carbocycles. The summed E-state index contributed by atoms with van der Waals surface area (Å²) in [7, 11) is 0. The van der Waals surface area contributed by atoms with Crippen molar-refractivity contribution in [3.63, 3.8) is 0 Å². The van der Waals surface area contributed by atoms with Crippen molar-refractivity contribution in [1.82, 2.24) is 4.98 Å². The molecule has 1 aromatic heterocycles. The fourth-order valence-corrected chi connectivity index (χ4v) is 0.830. The van der Waals surface area contributed by atoms with E-state index in [2.05, 4.69) is 9.40 Å². The second kappa shape index (κ2) is 3.51. The average molecular weight is 191 g/mol. The third kappa shape index (κ3) is 1.82. The zero-order chi connectivity index (χ0) is 10.0. The van der Waals surface area contributed by atoms with Crippen LogP contribution >= 0.6 is 0 Å². The number of rotatable bonds is 3. The molecule has 4 nitrogen and oxygen atoms in total. The highest BCUT2D eigenvalue weighted by Crippen LogP contribution is 2.23. The van der Waals surface area contributed by atoms with Crippen molar-refractivity contribution >= 4 is 5.97 Å². The van der Waals surface area contributed by atoms with E-state index in [9.17, 15) is 13.6 Å². The number of hydrogen-bond acceptors (Lipinski definition) is 3. The molecule has 0 aliphatic rings. The summed E-state index contributed by atoms with van der Waals surface area (Å²) < 4.78 is 28.9. The van der Waals surface area contributed by atoms with Crippen LogP contribution in [-0.4, -0.2) is 16.1 Å². The summed E-state index contributed by atoms with van der Waals surface area (Å²) in [6, 6.07) is 0. The van der Waals surface area contributed by atoms with Crippen LogP contribution in [-0.2, 0) is 6.42 Å². The molecule has 13 heavy (non-hydrogen) atoms. The molecule has 1 N–H and O–H groups in total. The van der Waals surface area contributed by atoms with Crippen molar-refractivity contribution in [2.24, 2.45) is 0 Å². The van der Waals surface area contributed by atoms with Gasteiger partial charge in [-0.15, -0.1) is 0 Å². The van der Waals surface area contributed by atoms with E-state index in [1.807, 2.05) is 0 Å². The van der Waals surface area contributed by atoms with Crippen molar-refractivity contribution in [3.05, 3.63) is 17.3 Å². The molecule has 0 spiro atoms. The predicted octanol–water partition coefficient (Wildman–Crippen LogP) is 1.87. The lowest BCUT2D eigenvalue weighted by Gasteiger charge is -1.91. The van der Waals surface area contributed by atoms with Gasteiger partial charge in [0.2, 0.25) is 5.76 Å². The first-order valence-corrected chi connectivity index (χ1v) is 3.57. The molecule has 1 heterocycles. The number of halogens is 2. The number of aromatic carboxylic acids is 1. The van der Waals surface area contributed by atoms with Gasteiger partial charge in [0.25, 0.3) is 6.43 Å². The number of nitrogens with zero attached hydrogens (tertiary/aromatic N) is 1. The van der Waals surface area contributed by atoms with E-state index in [0.29, 0.717) is 0 Å². The van der Waals surface area contributed by atoms with Crippen LogP contribution in [0.2, 0.25) is 0 Å². The van der Waals surface area contributed by atoms with Crippen molar-refractivity contribution < 1.29 is 23.1 Å². The first-order valence-electron chi connectivity index (χ1n) is 3.57. The van der Waals surface area contributed by atoms with E-state index in [1.54, 1.807) is 6.92 Å². The third-order valence-corrected chi connectivity index (χ3v) is 1.40. The molecule has 1 aromatic rings. The van der Waals surface area contributed by atoms with Gasteiger partial charge in [0, 0.05) is 6.42 Å². The molecule has 0 radical (unpaired) electrons. The van der Waals surface area contributed by atoms with E-state index in [1.165, 1.54) is 0 Å². The Labute approximate surface area is 72.2 Å². The minimum absolute atomic E-state index is 0.00713. The van der Waals surface area contributed by atoms with E-state index >= 15 is 0 Å². The largest absolute Gasteiger partial charge is 0.475 e. The molecule has 0 aliphatic heterocycles. The molecule has 0 atom stereocenters. The standard InChI is InChI=1S/C7H7F2NO3/c1-2-3-10-4(6(8)9)5(13-3)7(11)12/h6H,2H2,1H3,(H,11,12). The first kappa shape index (κ1) is 9.63. The average Bonchev–Trinajstić information content (AvgIpc) is 2.47. The summed E-state index contributed by atoms with van der Waals surface area (Å²) in [4.78, 5) is 13.7. The van der Waals surface area contributed by atoms with Gasteiger partial charge in [-0.1, -0.05) is 6.92 Å². The normalized spacial score (nSPS) is 10.8. The second-order valence-corrected chi connectivity index (χ2v) is 2.28. The van der Waals surface area contributed by atoms with Gasteiger partial charge in [0.05, 0.1) is 0 Å². The number of carbonyl (C=O) groups is 1. The van der Waals surface area contributed by atoms with E-state index in [-0.39, 0.29) is 12.3 Å². The lowest BCUT2D eigenvalue weighted by Crippen LogP contribution is -1.99. The molecule has 0 bridgehead atoms. The van der Waals surface area contributed by atoms with E-state index in [4.69, 9.17) is 5.11 Å². The van der Waals surface area contributed by atoms with Gasteiger partial charge in [-0.25, -0.2) is 18.6 Å². The van der Waals surface area contributed by atoms with Gasteiger partial charge in [0.1, 0.15) is 0 Å². The monoisotopic (exact) mass is 191 g/mol. The Kier molecular flexibility index (Phi) is 2.60. The van der Waals surface area contributed by atoms with Crippen molar-refractivity contribution in [1.29, 1.82) is 0 Å². The highest BCUT2D eigenvalue weighted by Gasteiger charge is 2.25. The molecule has 0 unspecified atom stereocenters. The van der Waals surface area contributed by atoms with Gasteiger partial charge in [-0.05, 0) is 0 Å². The summed E-state index contributed by atoms with van der Waals surface area (Å²) >= 11 is 0. The molecule has 6 heteroatoms. The van der Waals surface area contributed by atoms with Crippen LogP contribution in [0.15, 0.2) is 4.42 Å². The lowest BCUT2D eigenvalue weighted by atomic mass is 10.3. The quantitative estimate of drug-likeness (QED) is 0.792. The van der Waals surface area contributed by atoms with Gasteiger partial charge >= 0.3 is 5.97 Å². The number of carboxylic acids is 1. The summed E-state index contributed by atoms with van der Waals surface area (Å²) in [5.74, 6) is -2.29. The Balaban J connectivity index is 3.15. The molecule has 0 aliphatic carbocycles.